The van der Waals surface area contributed by atoms with Crippen LogP contribution in [0.3, 0.4) is 0 Å². The van der Waals surface area contributed by atoms with Crippen LogP contribution in [0.15, 0.2) is 54.6 Å². The van der Waals surface area contributed by atoms with Gasteiger partial charge in [-0.05, 0) is 49.7 Å². The van der Waals surface area contributed by atoms with Crippen molar-refractivity contribution in [3.8, 4) is 0 Å². The van der Waals surface area contributed by atoms with Gasteiger partial charge in [-0.1, -0.05) is 55.8 Å². The standard InChI is InChI=1S/C30H27Cl2FN4O8.CH4/c1-3-11-35-23(14-24(38)17-9-7-15(28(39)45-2)12-22(17)36(41)42)27(37(43)44)25(18-5-4-6-20(32)26(18)33)30(35)19-10-8-16(31)13-21(19)34-29(30)40;/h4-10,12-13,23-25,27,38H,3,11,14H2,1-2H3,(H,34,40);1H4/t23-,24?,25-,27+,30+;/m0./s1. The van der Waals surface area contributed by atoms with Gasteiger partial charge in [0.1, 0.15) is 11.4 Å². The number of aliphatic hydroxyl groups is 1. The highest BCUT2D eigenvalue weighted by Gasteiger charge is 2.71. The fourth-order valence-corrected chi connectivity index (χ4v) is 7.20. The topological polar surface area (TPSA) is 165 Å². The fourth-order valence-electron chi connectivity index (χ4n) is 6.85. The SMILES string of the molecule is C.CCCN1[C@@H](CC(O)c2ccc(C(=O)OC)cc2[N+](=O)[O-])[C@@H]([N+](=O)[O-])[C@H](c2cccc(Cl)c2F)[C@]12C(=O)Nc1cc(Cl)ccc12. The van der Waals surface area contributed by atoms with E-state index in [2.05, 4.69) is 10.1 Å². The molecule has 2 aliphatic heterocycles. The summed E-state index contributed by atoms with van der Waals surface area (Å²) in [6.45, 7) is 1.89. The average Bonchev–Trinajstić information content (AvgIpc) is 3.44. The number of hydrogen-bond donors (Lipinski definition) is 2. The monoisotopic (exact) mass is 676 g/mol. The Labute approximate surface area is 273 Å². The minimum absolute atomic E-state index is 0. The molecule has 1 fully saturated rings. The Balaban J connectivity index is 0.00000480. The van der Waals surface area contributed by atoms with Gasteiger partial charge < -0.3 is 15.2 Å². The van der Waals surface area contributed by atoms with Crippen molar-refractivity contribution in [2.45, 2.75) is 56.8 Å². The van der Waals surface area contributed by atoms with Crippen LogP contribution in [0.4, 0.5) is 15.8 Å². The predicted octanol–water partition coefficient (Wildman–Crippen LogP) is 6.26. The van der Waals surface area contributed by atoms with Gasteiger partial charge in [0.2, 0.25) is 6.04 Å². The molecular weight excluding hydrogens is 646 g/mol. The number of carbonyl (C=O) groups is 2. The van der Waals surface area contributed by atoms with Crippen molar-refractivity contribution in [3.63, 3.8) is 0 Å². The van der Waals surface area contributed by atoms with E-state index < -0.39 is 69.3 Å². The number of nitrogens with zero attached hydrogens (tertiary/aromatic N) is 3. The Kier molecular flexibility index (Phi) is 10.0. The number of nitro groups is 2. The van der Waals surface area contributed by atoms with Gasteiger partial charge in [0.25, 0.3) is 11.6 Å². The number of esters is 1. The highest BCUT2D eigenvalue weighted by atomic mass is 35.5. The summed E-state index contributed by atoms with van der Waals surface area (Å²) in [4.78, 5) is 51.4. The molecule has 0 radical (unpaired) electrons. The molecule has 0 aliphatic carbocycles. The number of aliphatic hydroxyl groups excluding tert-OH is 1. The summed E-state index contributed by atoms with van der Waals surface area (Å²) in [5.41, 5.74) is -2.34. The van der Waals surface area contributed by atoms with E-state index in [-0.39, 0.29) is 40.7 Å². The maximum atomic E-state index is 15.8. The van der Waals surface area contributed by atoms with Gasteiger partial charge in [0.05, 0.1) is 46.2 Å². The van der Waals surface area contributed by atoms with E-state index in [1.807, 2.05) is 0 Å². The third kappa shape index (κ3) is 5.46. The molecule has 0 bridgehead atoms. The number of halogens is 3. The first-order valence-corrected chi connectivity index (χ1v) is 14.6. The first kappa shape index (κ1) is 34.7. The number of fused-ring (bicyclic) bond motifs is 2. The zero-order chi connectivity index (χ0) is 32.8. The second kappa shape index (κ2) is 13.3. The van der Waals surface area contributed by atoms with Gasteiger partial charge in [-0.15, -0.1) is 0 Å². The summed E-state index contributed by atoms with van der Waals surface area (Å²) in [6, 6.07) is 9.05. The van der Waals surface area contributed by atoms with Gasteiger partial charge in [-0.3, -0.25) is 29.9 Å². The van der Waals surface area contributed by atoms with Crippen LogP contribution in [0.1, 0.15) is 66.3 Å². The number of benzene rings is 3. The van der Waals surface area contributed by atoms with Crippen molar-refractivity contribution in [1.29, 1.82) is 0 Å². The summed E-state index contributed by atoms with van der Waals surface area (Å²) in [7, 11) is 1.11. The van der Waals surface area contributed by atoms with E-state index in [4.69, 9.17) is 23.2 Å². The van der Waals surface area contributed by atoms with Crippen LogP contribution in [0.2, 0.25) is 10.0 Å². The number of rotatable bonds is 9. The number of nitrogens with one attached hydrogen (secondary N) is 1. The van der Waals surface area contributed by atoms with Crippen LogP contribution in [-0.4, -0.2) is 57.5 Å². The third-order valence-electron chi connectivity index (χ3n) is 8.52. The van der Waals surface area contributed by atoms with E-state index in [0.29, 0.717) is 17.7 Å². The lowest BCUT2D eigenvalue weighted by molar-refractivity contribution is -0.528. The van der Waals surface area contributed by atoms with E-state index in [1.165, 1.54) is 42.5 Å². The Morgan fingerprint density at radius 1 is 1.17 bits per heavy atom. The molecule has 1 spiro atoms. The van der Waals surface area contributed by atoms with Crippen molar-refractivity contribution in [2.75, 3.05) is 19.0 Å². The molecule has 2 N–H and O–H groups in total. The number of ether oxygens (including phenoxy) is 1. The van der Waals surface area contributed by atoms with E-state index >= 15 is 4.39 Å². The smallest absolute Gasteiger partial charge is 0.338 e. The second-order valence-electron chi connectivity index (χ2n) is 10.8. The number of carbonyl (C=O) groups excluding carboxylic acids is 2. The minimum atomic E-state index is -1.84. The lowest BCUT2D eigenvalue weighted by Gasteiger charge is -2.38. The number of methoxy groups -OCH3 is 1. The molecule has 1 unspecified atom stereocenters. The Hall–Kier alpha value is -4.17. The van der Waals surface area contributed by atoms with Crippen molar-refractivity contribution in [3.05, 3.63) is 113 Å². The summed E-state index contributed by atoms with van der Waals surface area (Å²) in [5, 5.41) is 39.3. The van der Waals surface area contributed by atoms with Crippen LogP contribution in [0.25, 0.3) is 0 Å². The summed E-state index contributed by atoms with van der Waals surface area (Å²) in [6.07, 6.45) is -1.73. The lowest BCUT2D eigenvalue weighted by atomic mass is 9.73. The van der Waals surface area contributed by atoms with Gasteiger partial charge in [-0.25, -0.2) is 9.18 Å². The van der Waals surface area contributed by atoms with Crippen molar-refractivity contribution in [1.82, 2.24) is 4.90 Å². The maximum Gasteiger partial charge on any atom is 0.338 e. The van der Waals surface area contributed by atoms with Gasteiger partial charge >= 0.3 is 5.97 Å². The highest BCUT2D eigenvalue weighted by Crippen LogP contribution is 2.59. The van der Waals surface area contributed by atoms with E-state index in [9.17, 15) is 34.9 Å². The number of amides is 1. The van der Waals surface area contributed by atoms with Crippen LogP contribution >= 0.6 is 23.2 Å². The minimum Gasteiger partial charge on any atom is -0.465 e. The van der Waals surface area contributed by atoms with Crippen molar-refractivity contribution < 1.29 is 33.7 Å². The number of likely N-dealkylation sites (tertiary alicyclic amines) is 1. The fraction of sp³-hybridized carbons (Fsp3) is 0.355. The molecule has 5 rings (SSSR count). The normalized spacial score (nSPS) is 22.6. The molecule has 3 aromatic rings. The van der Waals surface area contributed by atoms with Gasteiger partial charge in [0, 0.05) is 32.8 Å². The Morgan fingerprint density at radius 3 is 2.52 bits per heavy atom. The number of hydrogen-bond acceptors (Lipinski definition) is 9. The molecule has 46 heavy (non-hydrogen) atoms. The largest absolute Gasteiger partial charge is 0.465 e. The van der Waals surface area contributed by atoms with Crippen LogP contribution in [-0.2, 0) is 15.1 Å². The molecule has 15 heteroatoms. The highest BCUT2D eigenvalue weighted by molar-refractivity contribution is 6.31. The average molecular weight is 678 g/mol. The zero-order valence-electron chi connectivity index (χ0n) is 23.9. The van der Waals surface area contributed by atoms with Gasteiger partial charge in [-0.2, -0.15) is 0 Å². The molecular formula is C31H31Cl2FN4O8. The van der Waals surface area contributed by atoms with Crippen molar-refractivity contribution >= 4 is 46.5 Å². The summed E-state index contributed by atoms with van der Waals surface area (Å²) in [5.74, 6) is -3.88. The molecule has 0 saturated carbocycles. The first-order chi connectivity index (χ1) is 21.4. The molecule has 2 heterocycles. The zero-order valence-corrected chi connectivity index (χ0v) is 25.4. The number of anilines is 1. The first-order valence-electron chi connectivity index (χ1n) is 13.9. The third-order valence-corrected chi connectivity index (χ3v) is 9.05. The molecule has 3 aromatic carbocycles. The molecule has 1 amide bonds. The Bertz CT molecular complexity index is 1730. The summed E-state index contributed by atoms with van der Waals surface area (Å²) >= 11 is 12.4. The maximum absolute atomic E-state index is 15.8. The lowest BCUT2D eigenvalue weighted by Crippen LogP contribution is -2.52. The quantitative estimate of drug-likeness (QED) is 0.151. The molecule has 5 atom stereocenters. The predicted molar refractivity (Wildman–Crippen MR) is 168 cm³/mol. The van der Waals surface area contributed by atoms with E-state index in [1.54, 1.807) is 17.9 Å². The van der Waals surface area contributed by atoms with Gasteiger partial charge in [0.15, 0.2) is 0 Å². The molecule has 244 valence electrons. The molecule has 2 aliphatic rings. The molecule has 1 saturated heterocycles. The van der Waals surface area contributed by atoms with Crippen LogP contribution in [0.5, 0.6) is 0 Å². The number of nitro benzene ring substituents is 1. The van der Waals surface area contributed by atoms with Crippen molar-refractivity contribution in [2.24, 2.45) is 0 Å². The van der Waals surface area contributed by atoms with Crippen LogP contribution < -0.4 is 5.32 Å². The second-order valence-corrected chi connectivity index (χ2v) is 11.7. The summed E-state index contributed by atoms with van der Waals surface area (Å²) < 4.78 is 20.5. The van der Waals surface area contributed by atoms with Crippen LogP contribution in [0, 0.1) is 26.0 Å². The molecule has 12 nitrogen and oxygen atoms in total. The van der Waals surface area contributed by atoms with E-state index in [0.717, 1.165) is 13.2 Å². The molecule has 0 aromatic heterocycles. The Morgan fingerprint density at radius 2 is 1.89 bits per heavy atom.